The monoisotopic (exact) mass is 369 g/mol. The zero-order valence-corrected chi connectivity index (χ0v) is 15.7. The lowest BCUT2D eigenvalue weighted by molar-refractivity contribution is -1.02. The molecule has 0 atom stereocenters. The van der Waals surface area contributed by atoms with Crippen LogP contribution in [0.1, 0.15) is 11.1 Å². The number of nitrogens with one attached hydrogen (secondary N) is 3. The number of rotatable bonds is 5. The number of piperazine rings is 1. The summed E-state index contributed by atoms with van der Waals surface area (Å²) in [6, 6.07) is 14.4. The minimum atomic E-state index is 0.0541. The fraction of sp³-hybridized carbons (Fsp3) is 0.381. The smallest absolute Gasteiger partial charge is 0.279 e. The lowest BCUT2D eigenvalue weighted by Crippen LogP contribution is -3.28. The molecule has 0 unspecified atom stereocenters. The van der Waals surface area contributed by atoms with E-state index in [0.717, 1.165) is 49.7 Å². The van der Waals surface area contributed by atoms with Gasteiger partial charge in [-0.05, 0) is 18.6 Å². The third-order valence-corrected chi connectivity index (χ3v) is 5.37. The Morgan fingerprint density at radius 2 is 1.67 bits per heavy atom. The van der Waals surface area contributed by atoms with Gasteiger partial charge in [0.2, 0.25) is 6.79 Å². The summed E-state index contributed by atoms with van der Waals surface area (Å²) in [6.45, 7) is 8.03. The van der Waals surface area contributed by atoms with E-state index < -0.39 is 0 Å². The van der Waals surface area contributed by atoms with Gasteiger partial charge < -0.3 is 24.6 Å². The molecule has 2 heterocycles. The van der Waals surface area contributed by atoms with Gasteiger partial charge in [-0.3, -0.25) is 4.79 Å². The molecule has 0 aliphatic carbocycles. The molecular formula is C21H27N3O3+2. The van der Waals surface area contributed by atoms with E-state index in [2.05, 4.69) is 35.6 Å². The minimum absolute atomic E-state index is 0.0541. The fourth-order valence-corrected chi connectivity index (χ4v) is 3.79. The molecule has 1 fully saturated rings. The molecule has 0 aromatic heterocycles. The van der Waals surface area contributed by atoms with Crippen molar-refractivity contribution in [3.05, 3.63) is 53.6 Å². The average Bonchev–Trinajstić information content (AvgIpc) is 3.11. The highest BCUT2D eigenvalue weighted by Crippen LogP contribution is 2.36. The van der Waals surface area contributed by atoms with Crippen LogP contribution >= 0.6 is 0 Å². The first-order chi connectivity index (χ1) is 13.2. The topological polar surface area (TPSA) is 56.4 Å². The zero-order valence-electron chi connectivity index (χ0n) is 15.7. The van der Waals surface area contributed by atoms with Crippen LogP contribution < -0.4 is 24.6 Å². The first-order valence-corrected chi connectivity index (χ1v) is 9.58. The predicted octanol–water partition coefficient (Wildman–Crippen LogP) is -0.354. The van der Waals surface area contributed by atoms with Gasteiger partial charge in [-0.1, -0.05) is 30.3 Å². The molecule has 2 aromatic rings. The van der Waals surface area contributed by atoms with Crippen molar-refractivity contribution in [2.24, 2.45) is 0 Å². The van der Waals surface area contributed by atoms with Crippen molar-refractivity contribution >= 4 is 11.6 Å². The number of fused-ring (bicyclic) bond motifs is 1. The van der Waals surface area contributed by atoms with Crippen molar-refractivity contribution < 1.29 is 24.1 Å². The van der Waals surface area contributed by atoms with Gasteiger partial charge in [0.05, 0.1) is 0 Å². The lowest BCUT2D eigenvalue weighted by Gasteiger charge is -2.29. The van der Waals surface area contributed by atoms with E-state index in [1.807, 2.05) is 19.1 Å². The molecule has 0 bridgehead atoms. The molecular weight excluding hydrogens is 342 g/mol. The summed E-state index contributed by atoms with van der Waals surface area (Å²) in [6.07, 6.45) is 0. The van der Waals surface area contributed by atoms with Gasteiger partial charge in [-0.25, -0.2) is 0 Å². The molecule has 3 N–H and O–H groups in total. The van der Waals surface area contributed by atoms with Crippen LogP contribution in [0.3, 0.4) is 0 Å². The van der Waals surface area contributed by atoms with E-state index in [9.17, 15) is 4.79 Å². The number of amides is 1. The van der Waals surface area contributed by atoms with Crippen molar-refractivity contribution in [2.75, 3.05) is 44.8 Å². The van der Waals surface area contributed by atoms with Gasteiger partial charge in [0.25, 0.3) is 5.91 Å². The minimum Gasteiger partial charge on any atom is -0.454 e. The molecule has 0 spiro atoms. The standard InChI is InChI=1S/C21H25N3O3/c1-16-11-19-20(27-15-26-19)12-18(16)22-21(25)14-24-9-7-23(8-10-24)13-17-5-3-2-4-6-17/h2-6,11-12H,7-10,13-15H2,1H3,(H,22,25)/p+2. The highest BCUT2D eigenvalue weighted by atomic mass is 16.7. The third kappa shape index (κ3) is 4.40. The number of aryl methyl sites for hydroxylation is 1. The maximum atomic E-state index is 12.5. The van der Waals surface area contributed by atoms with Crippen LogP contribution in [0.2, 0.25) is 0 Å². The SMILES string of the molecule is Cc1cc2c(cc1NC(=O)C[NH+]1CC[NH+](Cc3ccccc3)CC1)OCO2. The Bertz CT molecular complexity index is 802. The second-order valence-corrected chi connectivity index (χ2v) is 7.41. The lowest BCUT2D eigenvalue weighted by atomic mass is 10.1. The molecule has 6 heteroatoms. The van der Waals surface area contributed by atoms with Gasteiger partial charge in [-0.2, -0.15) is 0 Å². The highest BCUT2D eigenvalue weighted by Gasteiger charge is 2.25. The number of hydrogen-bond acceptors (Lipinski definition) is 3. The van der Waals surface area contributed by atoms with Crippen LogP contribution in [0.5, 0.6) is 11.5 Å². The van der Waals surface area contributed by atoms with Gasteiger partial charge >= 0.3 is 0 Å². The Balaban J connectivity index is 1.26. The molecule has 2 aliphatic rings. The summed E-state index contributed by atoms with van der Waals surface area (Å²) in [5, 5.41) is 3.04. The third-order valence-electron chi connectivity index (χ3n) is 5.37. The largest absolute Gasteiger partial charge is 0.454 e. The number of ether oxygens (including phenoxy) is 2. The van der Waals surface area contributed by atoms with Gasteiger partial charge in [0.15, 0.2) is 18.0 Å². The molecule has 0 radical (unpaired) electrons. The molecule has 1 amide bonds. The van der Waals surface area contributed by atoms with E-state index in [0.29, 0.717) is 12.3 Å². The van der Waals surface area contributed by atoms with Crippen LogP contribution in [0.15, 0.2) is 42.5 Å². The van der Waals surface area contributed by atoms with Gasteiger partial charge in [0, 0.05) is 17.3 Å². The molecule has 6 nitrogen and oxygen atoms in total. The van der Waals surface area contributed by atoms with Crippen molar-refractivity contribution in [2.45, 2.75) is 13.5 Å². The second kappa shape index (κ2) is 7.98. The fourth-order valence-electron chi connectivity index (χ4n) is 3.79. The maximum absolute atomic E-state index is 12.5. The first-order valence-electron chi connectivity index (χ1n) is 9.58. The highest BCUT2D eigenvalue weighted by molar-refractivity contribution is 5.92. The number of carbonyl (C=O) groups excluding carboxylic acids is 1. The molecule has 27 heavy (non-hydrogen) atoms. The Labute approximate surface area is 159 Å². The van der Waals surface area contributed by atoms with Crippen LogP contribution in [0.25, 0.3) is 0 Å². The van der Waals surface area contributed by atoms with Crippen LogP contribution in [0.4, 0.5) is 5.69 Å². The number of anilines is 1. The summed E-state index contributed by atoms with van der Waals surface area (Å²) >= 11 is 0. The summed E-state index contributed by atoms with van der Waals surface area (Å²) in [4.78, 5) is 15.4. The molecule has 4 rings (SSSR count). The first kappa shape index (κ1) is 17.8. The Morgan fingerprint density at radius 3 is 2.41 bits per heavy atom. The number of benzene rings is 2. The van der Waals surface area contributed by atoms with Crippen molar-refractivity contribution in [1.29, 1.82) is 0 Å². The van der Waals surface area contributed by atoms with Crippen LogP contribution in [0, 0.1) is 6.92 Å². The number of carbonyl (C=O) groups is 1. The van der Waals surface area contributed by atoms with Crippen molar-refractivity contribution in [1.82, 2.24) is 0 Å². The molecule has 1 saturated heterocycles. The zero-order chi connectivity index (χ0) is 18.6. The summed E-state index contributed by atoms with van der Waals surface area (Å²) in [5.41, 5.74) is 3.17. The molecule has 2 aromatic carbocycles. The number of quaternary nitrogens is 2. The maximum Gasteiger partial charge on any atom is 0.279 e. The van der Waals surface area contributed by atoms with Crippen molar-refractivity contribution in [3.63, 3.8) is 0 Å². The van der Waals surface area contributed by atoms with Crippen LogP contribution in [-0.4, -0.2) is 45.4 Å². The van der Waals surface area contributed by atoms with Gasteiger partial charge in [0.1, 0.15) is 32.7 Å². The van der Waals surface area contributed by atoms with E-state index in [-0.39, 0.29) is 12.7 Å². The van der Waals surface area contributed by atoms with E-state index in [4.69, 9.17) is 9.47 Å². The Kier molecular flexibility index (Phi) is 5.27. The molecule has 142 valence electrons. The summed E-state index contributed by atoms with van der Waals surface area (Å²) in [7, 11) is 0. The van der Waals surface area contributed by atoms with E-state index >= 15 is 0 Å². The number of hydrogen-bond donors (Lipinski definition) is 3. The Hall–Kier alpha value is -2.57. The van der Waals surface area contributed by atoms with Gasteiger partial charge in [-0.15, -0.1) is 0 Å². The average molecular weight is 369 g/mol. The van der Waals surface area contributed by atoms with E-state index in [1.165, 1.54) is 10.5 Å². The normalized spacial score (nSPS) is 21.1. The molecule has 2 aliphatic heterocycles. The Morgan fingerprint density at radius 1 is 1.00 bits per heavy atom. The summed E-state index contributed by atoms with van der Waals surface area (Å²) in [5.74, 6) is 1.49. The second-order valence-electron chi connectivity index (χ2n) is 7.41. The summed E-state index contributed by atoms with van der Waals surface area (Å²) < 4.78 is 10.8. The van der Waals surface area contributed by atoms with E-state index in [1.54, 1.807) is 4.90 Å². The van der Waals surface area contributed by atoms with Crippen molar-refractivity contribution in [3.8, 4) is 11.5 Å². The predicted molar refractivity (Wildman–Crippen MR) is 102 cm³/mol. The molecule has 0 saturated carbocycles. The quantitative estimate of drug-likeness (QED) is 0.675. The van der Waals surface area contributed by atoms with Crippen LogP contribution in [-0.2, 0) is 11.3 Å².